The summed E-state index contributed by atoms with van der Waals surface area (Å²) in [6.07, 6.45) is 1.26. The summed E-state index contributed by atoms with van der Waals surface area (Å²) in [5.74, 6) is -5.41. The van der Waals surface area contributed by atoms with Crippen LogP contribution in [0, 0.1) is 23.3 Å². The van der Waals surface area contributed by atoms with Gasteiger partial charge in [0.2, 0.25) is 5.82 Å². The zero-order chi connectivity index (χ0) is 21.4. The van der Waals surface area contributed by atoms with Crippen LogP contribution < -0.4 is 16.2 Å². The van der Waals surface area contributed by atoms with E-state index in [2.05, 4.69) is 15.1 Å². The minimum Gasteiger partial charge on any atom is -0.454 e. The van der Waals surface area contributed by atoms with Gasteiger partial charge >= 0.3 is 0 Å². The van der Waals surface area contributed by atoms with Crippen LogP contribution in [0.5, 0.6) is 11.5 Å². The zero-order valence-corrected chi connectivity index (χ0v) is 15.2. The number of nitrogen functional groups attached to an aromatic ring is 1. The van der Waals surface area contributed by atoms with Gasteiger partial charge in [0.1, 0.15) is 35.2 Å². The number of ether oxygens (including phenoxy) is 1. The summed E-state index contributed by atoms with van der Waals surface area (Å²) in [6, 6.07) is 4.59. The van der Waals surface area contributed by atoms with Crippen molar-refractivity contribution >= 4 is 16.9 Å². The van der Waals surface area contributed by atoms with Gasteiger partial charge in [-0.3, -0.25) is 0 Å². The number of rotatable bonds is 5. The molecule has 0 fully saturated rings. The molecule has 0 aliphatic heterocycles. The zero-order valence-electron chi connectivity index (χ0n) is 15.2. The molecule has 0 atom stereocenters. The van der Waals surface area contributed by atoms with Crippen LogP contribution in [0.2, 0.25) is 0 Å². The molecule has 154 valence electrons. The summed E-state index contributed by atoms with van der Waals surface area (Å²) in [7, 11) is 0. The topological polar surface area (TPSA) is 105 Å². The lowest BCUT2D eigenvalue weighted by atomic mass is 10.1. The van der Waals surface area contributed by atoms with Crippen molar-refractivity contribution in [2.45, 2.75) is 6.54 Å². The minimum absolute atomic E-state index is 0.0514. The number of anilines is 1. The maximum atomic E-state index is 14.9. The molecule has 0 radical (unpaired) electrons. The molecular formula is C19H14F4N6O. The average molecular weight is 418 g/mol. The van der Waals surface area contributed by atoms with Crippen molar-refractivity contribution in [1.82, 2.24) is 19.7 Å². The number of nitrogens with zero attached hydrogens (tertiary/aromatic N) is 4. The molecule has 4 aromatic rings. The third-order valence-electron chi connectivity index (χ3n) is 4.28. The summed E-state index contributed by atoms with van der Waals surface area (Å²) in [5.41, 5.74) is 12.1. The Morgan fingerprint density at radius 3 is 2.53 bits per heavy atom. The van der Waals surface area contributed by atoms with E-state index in [1.807, 2.05) is 0 Å². The third-order valence-corrected chi connectivity index (χ3v) is 4.28. The van der Waals surface area contributed by atoms with Gasteiger partial charge in [0, 0.05) is 30.3 Å². The number of benzene rings is 2. The SMILES string of the molecule is NCCn1nc(-c2ccc(Oc3cc(F)cc(F)c3F)cc2F)c2c(N)ncnc21. The second kappa shape index (κ2) is 7.59. The highest BCUT2D eigenvalue weighted by atomic mass is 19.2. The Hall–Kier alpha value is -3.73. The van der Waals surface area contributed by atoms with E-state index in [1.54, 1.807) is 0 Å². The largest absolute Gasteiger partial charge is 0.454 e. The van der Waals surface area contributed by atoms with Gasteiger partial charge in [-0.2, -0.15) is 9.49 Å². The van der Waals surface area contributed by atoms with Crippen molar-refractivity contribution in [2.75, 3.05) is 12.3 Å². The van der Waals surface area contributed by atoms with Crippen LogP contribution in [0.25, 0.3) is 22.3 Å². The smallest absolute Gasteiger partial charge is 0.201 e. The third kappa shape index (κ3) is 3.39. The predicted molar refractivity (Wildman–Crippen MR) is 101 cm³/mol. The number of hydrogen-bond donors (Lipinski definition) is 2. The number of hydrogen-bond acceptors (Lipinski definition) is 6. The Balaban J connectivity index is 1.76. The second-order valence-corrected chi connectivity index (χ2v) is 6.26. The van der Waals surface area contributed by atoms with Crippen molar-refractivity contribution in [3.8, 4) is 22.8 Å². The molecule has 30 heavy (non-hydrogen) atoms. The van der Waals surface area contributed by atoms with E-state index in [1.165, 1.54) is 23.1 Å². The van der Waals surface area contributed by atoms with E-state index in [0.29, 0.717) is 29.7 Å². The molecule has 2 aromatic carbocycles. The molecule has 0 aliphatic carbocycles. The molecule has 0 bridgehead atoms. The number of fused-ring (bicyclic) bond motifs is 1. The molecule has 7 nitrogen and oxygen atoms in total. The van der Waals surface area contributed by atoms with Crippen LogP contribution in [0.4, 0.5) is 23.4 Å². The van der Waals surface area contributed by atoms with Gasteiger partial charge in [0.25, 0.3) is 0 Å². The van der Waals surface area contributed by atoms with Gasteiger partial charge in [-0.05, 0) is 12.1 Å². The minimum atomic E-state index is -1.42. The fourth-order valence-corrected chi connectivity index (χ4v) is 2.98. The van der Waals surface area contributed by atoms with E-state index < -0.39 is 29.0 Å². The van der Waals surface area contributed by atoms with Gasteiger partial charge in [0.15, 0.2) is 17.2 Å². The molecule has 0 aliphatic rings. The van der Waals surface area contributed by atoms with E-state index >= 15 is 0 Å². The van der Waals surface area contributed by atoms with Gasteiger partial charge in [-0.15, -0.1) is 0 Å². The first-order valence-electron chi connectivity index (χ1n) is 8.68. The van der Waals surface area contributed by atoms with E-state index in [4.69, 9.17) is 16.2 Å². The Morgan fingerprint density at radius 2 is 1.80 bits per heavy atom. The Bertz CT molecular complexity index is 1260. The van der Waals surface area contributed by atoms with Crippen LogP contribution in [-0.2, 0) is 6.54 Å². The Labute approximate surface area is 166 Å². The Morgan fingerprint density at radius 1 is 1.00 bits per heavy atom. The fraction of sp³-hybridized carbons (Fsp3) is 0.105. The molecule has 4 rings (SSSR count). The molecule has 2 aromatic heterocycles. The van der Waals surface area contributed by atoms with E-state index in [0.717, 1.165) is 6.07 Å². The van der Waals surface area contributed by atoms with Crippen molar-refractivity contribution < 1.29 is 22.3 Å². The standard InChI is InChI=1S/C19H14F4N6O/c20-9-5-13(22)16(23)14(6-9)30-10-1-2-11(12(21)7-10)17-15-18(25)26-8-27-19(15)29(28-17)4-3-24/h1-2,5-8H,3-4,24H2,(H2,25,26,27). The average Bonchev–Trinajstić information content (AvgIpc) is 3.06. The summed E-state index contributed by atoms with van der Waals surface area (Å²) in [6.45, 7) is 0.589. The molecule has 0 saturated heterocycles. The van der Waals surface area contributed by atoms with Crippen LogP contribution in [0.15, 0.2) is 36.7 Å². The first kappa shape index (κ1) is 19.6. The highest BCUT2D eigenvalue weighted by Crippen LogP contribution is 2.34. The molecule has 0 spiro atoms. The van der Waals surface area contributed by atoms with Crippen LogP contribution >= 0.6 is 0 Å². The van der Waals surface area contributed by atoms with Crippen molar-refractivity contribution in [1.29, 1.82) is 0 Å². The van der Waals surface area contributed by atoms with E-state index in [-0.39, 0.29) is 29.4 Å². The predicted octanol–water partition coefficient (Wildman–Crippen LogP) is 3.38. The molecule has 0 amide bonds. The molecule has 0 saturated carbocycles. The highest BCUT2D eigenvalue weighted by Gasteiger charge is 2.20. The van der Waals surface area contributed by atoms with Crippen molar-refractivity contribution in [3.63, 3.8) is 0 Å². The maximum Gasteiger partial charge on any atom is 0.201 e. The summed E-state index contributed by atoms with van der Waals surface area (Å²) < 4.78 is 61.9. The first-order valence-corrected chi connectivity index (χ1v) is 8.68. The maximum absolute atomic E-state index is 14.9. The van der Waals surface area contributed by atoms with Gasteiger partial charge < -0.3 is 16.2 Å². The monoisotopic (exact) mass is 418 g/mol. The van der Waals surface area contributed by atoms with Crippen LogP contribution in [0.3, 0.4) is 0 Å². The van der Waals surface area contributed by atoms with Crippen molar-refractivity contribution in [2.24, 2.45) is 5.73 Å². The molecule has 2 heterocycles. The lowest BCUT2D eigenvalue weighted by Crippen LogP contribution is -2.11. The number of halogens is 4. The van der Waals surface area contributed by atoms with Crippen molar-refractivity contribution in [3.05, 3.63) is 59.9 Å². The quantitative estimate of drug-likeness (QED) is 0.380. The molecule has 11 heteroatoms. The highest BCUT2D eigenvalue weighted by molar-refractivity contribution is 5.98. The van der Waals surface area contributed by atoms with Gasteiger partial charge in [-0.25, -0.2) is 27.8 Å². The number of nitrogens with two attached hydrogens (primary N) is 2. The lowest BCUT2D eigenvalue weighted by molar-refractivity contribution is 0.406. The van der Waals surface area contributed by atoms with Gasteiger partial charge in [-0.1, -0.05) is 0 Å². The number of aromatic nitrogens is 4. The van der Waals surface area contributed by atoms with Crippen LogP contribution in [-0.4, -0.2) is 26.3 Å². The van der Waals surface area contributed by atoms with Gasteiger partial charge in [0.05, 0.1) is 11.9 Å². The van der Waals surface area contributed by atoms with E-state index in [9.17, 15) is 17.6 Å². The summed E-state index contributed by atoms with van der Waals surface area (Å²) in [4.78, 5) is 8.05. The molecule has 4 N–H and O–H groups in total. The molecular weight excluding hydrogens is 404 g/mol. The second-order valence-electron chi connectivity index (χ2n) is 6.26. The van der Waals surface area contributed by atoms with Crippen LogP contribution in [0.1, 0.15) is 0 Å². The summed E-state index contributed by atoms with van der Waals surface area (Å²) >= 11 is 0. The molecule has 0 unspecified atom stereocenters. The fourth-order valence-electron chi connectivity index (χ4n) is 2.98. The first-order chi connectivity index (χ1) is 14.4. The Kier molecular flexibility index (Phi) is 4.96. The lowest BCUT2D eigenvalue weighted by Gasteiger charge is -2.09. The summed E-state index contributed by atoms with van der Waals surface area (Å²) in [5, 5.41) is 4.68. The normalized spacial score (nSPS) is 11.2.